The zero-order valence-corrected chi connectivity index (χ0v) is 10.8. The van der Waals surface area contributed by atoms with E-state index in [1.165, 1.54) is 23.1 Å². The summed E-state index contributed by atoms with van der Waals surface area (Å²) < 4.78 is 0. The van der Waals surface area contributed by atoms with Gasteiger partial charge in [0, 0.05) is 13.1 Å². The Kier molecular flexibility index (Phi) is 3.09. The third-order valence-electron chi connectivity index (χ3n) is 3.33. The fraction of sp³-hybridized carbons (Fsp3) is 0.385. The second kappa shape index (κ2) is 4.46. The molecule has 1 aromatic carbocycles. The first kappa shape index (κ1) is 13.2. The quantitative estimate of drug-likeness (QED) is 0.687. The summed E-state index contributed by atoms with van der Waals surface area (Å²) >= 11 is 0. The van der Waals surface area contributed by atoms with E-state index in [4.69, 9.17) is 0 Å². The smallest absolute Gasteiger partial charge is 0.262 e. The van der Waals surface area contributed by atoms with Crippen LogP contribution in [0.2, 0.25) is 0 Å². The van der Waals surface area contributed by atoms with Crippen LogP contribution in [0.3, 0.4) is 0 Å². The summed E-state index contributed by atoms with van der Waals surface area (Å²) in [7, 11) is 0. The number of phenols is 2. The van der Waals surface area contributed by atoms with E-state index in [2.05, 4.69) is 5.32 Å². The molecule has 2 rings (SSSR count). The second-order valence-corrected chi connectivity index (χ2v) is 4.94. The van der Waals surface area contributed by atoms with E-state index in [1.54, 1.807) is 13.8 Å². The van der Waals surface area contributed by atoms with Crippen molar-refractivity contribution in [3.63, 3.8) is 0 Å². The maximum atomic E-state index is 12.4. The molecule has 2 amide bonds. The lowest BCUT2D eigenvalue weighted by Crippen LogP contribution is -2.63. The van der Waals surface area contributed by atoms with Crippen molar-refractivity contribution >= 4 is 11.8 Å². The van der Waals surface area contributed by atoms with Crippen LogP contribution in [0.4, 0.5) is 0 Å². The SMILES string of the molecule is CC1(C)C(=O)NCCN1C(=O)c1c(O)cccc1O. The highest BCUT2D eigenvalue weighted by molar-refractivity contribution is 6.03. The van der Waals surface area contributed by atoms with Crippen LogP contribution in [-0.4, -0.2) is 45.6 Å². The molecular formula is C13H16N2O4. The van der Waals surface area contributed by atoms with E-state index in [-0.39, 0.29) is 23.0 Å². The molecule has 19 heavy (non-hydrogen) atoms. The monoisotopic (exact) mass is 264 g/mol. The van der Waals surface area contributed by atoms with Crippen LogP contribution in [0.1, 0.15) is 24.2 Å². The van der Waals surface area contributed by atoms with E-state index >= 15 is 0 Å². The predicted octanol–water partition coefficient (Wildman–Crippen LogP) is 0.448. The Morgan fingerprint density at radius 3 is 2.47 bits per heavy atom. The highest BCUT2D eigenvalue weighted by atomic mass is 16.3. The van der Waals surface area contributed by atoms with Crippen LogP contribution in [0.25, 0.3) is 0 Å². The Bertz CT molecular complexity index is 519. The minimum Gasteiger partial charge on any atom is -0.507 e. The minimum atomic E-state index is -1.02. The number of aromatic hydroxyl groups is 2. The lowest BCUT2D eigenvalue weighted by atomic mass is 9.97. The molecule has 0 aromatic heterocycles. The fourth-order valence-electron chi connectivity index (χ4n) is 2.14. The topological polar surface area (TPSA) is 89.9 Å². The summed E-state index contributed by atoms with van der Waals surface area (Å²) in [5.74, 6) is -1.42. The normalized spacial score (nSPS) is 18.0. The molecule has 1 saturated heterocycles. The molecule has 0 saturated carbocycles. The largest absolute Gasteiger partial charge is 0.507 e. The molecule has 0 bridgehead atoms. The van der Waals surface area contributed by atoms with Gasteiger partial charge in [0.25, 0.3) is 5.91 Å². The first-order valence-electron chi connectivity index (χ1n) is 5.97. The van der Waals surface area contributed by atoms with Gasteiger partial charge in [0.15, 0.2) is 0 Å². The van der Waals surface area contributed by atoms with Gasteiger partial charge in [-0.3, -0.25) is 9.59 Å². The van der Waals surface area contributed by atoms with Gasteiger partial charge >= 0.3 is 0 Å². The molecule has 6 nitrogen and oxygen atoms in total. The van der Waals surface area contributed by atoms with Crippen LogP contribution >= 0.6 is 0 Å². The summed E-state index contributed by atoms with van der Waals surface area (Å²) in [6.07, 6.45) is 0. The minimum absolute atomic E-state index is 0.176. The summed E-state index contributed by atoms with van der Waals surface area (Å²) in [5, 5.41) is 22.1. The Morgan fingerprint density at radius 2 is 1.89 bits per heavy atom. The molecule has 3 N–H and O–H groups in total. The Balaban J connectivity index is 2.41. The van der Waals surface area contributed by atoms with Gasteiger partial charge in [0.2, 0.25) is 5.91 Å². The second-order valence-electron chi connectivity index (χ2n) is 4.94. The molecule has 0 aliphatic carbocycles. The zero-order valence-electron chi connectivity index (χ0n) is 10.8. The van der Waals surface area contributed by atoms with Gasteiger partial charge in [-0.05, 0) is 26.0 Å². The van der Waals surface area contributed by atoms with Crippen LogP contribution in [0.5, 0.6) is 11.5 Å². The van der Waals surface area contributed by atoms with Crippen molar-refractivity contribution in [2.24, 2.45) is 0 Å². The van der Waals surface area contributed by atoms with Crippen molar-refractivity contribution in [1.29, 1.82) is 0 Å². The molecule has 0 unspecified atom stereocenters. The Labute approximate surface area is 110 Å². The van der Waals surface area contributed by atoms with E-state index in [0.29, 0.717) is 13.1 Å². The van der Waals surface area contributed by atoms with Gasteiger partial charge in [-0.1, -0.05) is 6.07 Å². The van der Waals surface area contributed by atoms with E-state index in [1.807, 2.05) is 0 Å². The van der Waals surface area contributed by atoms with Crippen molar-refractivity contribution < 1.29 is 19.8 Å². The third-order valence-corrected chi connectivity index (χ3v) is 3.33. The number of nitrogens with zero attached hydrogens (tertiary/aromatic N) is 1. The molecule has 0 radical (unpaired) electrons. The molecule has 1 heterocycles. The number of nitrogens with one attached hydrogen (secondary N) is 1. The van der Waals surface area contributed by atoms with Gasteiger partial charge < -0.3 is 20.4 Å². The molecule has 1 aliphatic rings. The fourth-order valence-corrected chi connectivity index (χ4v) is 2.14. The summed E-state index contributed by atoms with van der Waals surface area (Å²) in [6, 6.07) is 4.09. The standard InChI is InChI=1S/C13H16N2O4/c1-13(2)12(19)14-6-7-15(13)11(18)10-8(16)4-3-5-9(10)17/h3-5,16-17H,6-7H2,1-2H3,(H,14,19). The van der Waals surface area contributed by atoms with Crippen LogP contribution in [-0.2, 0) is 4.79 Å². The number of carbonyl (C=O) groups is 2. The maximum Gasteiger partial charge on any atom is 0.262 e. The summed E-state index contributed by atoms with van der Waals surface area (Å²) in [6.45, 7) is 3.92. The predicted molar refractivity (Wildman–Crippen MR) is 67.9 cm³/mol. The first-order valence-corrected chi connectivity index (χ1v) is 5.97. The molecular weight excluding hydrogens is 248 g/mol. The van der Waals surface area contributed by atoms with Gasteiger partial charge in [-0.25, -0.2) is 0 Å². The average molecular weight is 264 g/mol. The van der Waals surface area contributed by atoms with Gasteiger partial charge in [0.05, 0.1) is 0 Å². The number of benzene rings is 1. The van der Waals surface area contributed by atoms with Gasteiger partial charge in [0.1, 0.15) is 22.6 Å². The number of phenolic OH excluding ortho intramolecular Hbond substituents is 2. The lowest BCUT2D eigenvalue weighted by Gasteiger charge is -2.41. The zero-order chi connectivity index (χ0) is 14.2. The highest BCUT2D eigenvalue weighted by Crippen LogP contribution is 2.30. The number of amides is 2. The van der Waals surface area contributed by atoms with Crippen molar-refractivity contribution in [1.82, 2.24) is 10.2 Å². The number of carbonyl (C=O) groups excluding carboxylic acids is 2. The van der Waals surface area contributed by atoms with Gasteiger partial charge in [-0.2, -0.15) is 0 Å². The number of piperazine rings is 1. The van der Waals surface area contributed by atoms with E-state index in [0.717, 1.165) is 0 Å². The molecule has 102 valence electrons. The Hall–Kier alpha value is -2.24. The average Bonchev–Trinajstić information content (AvgIpc) is 2.32. The van der Waals surface area contributed by atoms with Crippen molar-refractivity contribution in [3.8, 4) is 11.5 Å². The molecule has 0 spiro atoms. The van der Waals surface area contributed by atoms with Crippen LogP contribution in [0.15, 0.2) is 18.2 Å². The van der Waals surface area contributed by atoms with Crippen LogP contribution < -0.4 is 5.32 Å². The Morgan fingerprint density at radius 1 is 1.32 bits per heavy atom. The van der Waals surface area contributed by atoms with Crippen molar-refractivity contribution in [2.45, 2.75) is 19.4 Å². The number of hydrogen-bond acceptors (Lipinski definition) is 4. The van der Waals surface area contributed by atoms with Crippen molar-refractivity contribution in [3.05, 3.63) is 23.8 Å². The molecule has 6 heteroatoms. The summed E-state index contributed by atoms with van der Waals surface area (Å²) in [4.78, 5) is 25.6. The number of rotatable bonds is 1. The molecule has 1 fully saturated rings. The molecule has 1 aliphatic heterocycles. The highest BCUT2D eigenvalue weighted by Gasteiger charge is 2.41. The van der Waals surface area contributed by atoms with Gasteiger partial charge in [-0.15, -0.1) is 0 Å². The maximum absolute atomic E-state index is 12.4. The molecule has 1 aromatic rings. The molecule has 0 atom stereocenters. The first-order chi connectivity index (χ1) is 8.85. The van der Waals surface area contributed by atoms with Crippen molar-refractivity contribution in [2.75, 3.05) is 13.1 Å². The number of hydrogen-bond donors (Lipinski definition) is 3. The van der Waals surface area contributed by atoms with E-state index < -0.39 is 11.4 Å². The lowest BCUT2D eigenvalue weighted by molar-refractivity contribution is -0.133. The third kappa shape index (κ3) is 2.09. The summed E-state index contributed by atoms with van der Waals surface area (Å²) in [5.41, 5.74) is -1.20. The van der Waals surface area contributed by atoms with Crippen LogP contribution in [0, 0.1) is 0 Å². The van der Waals surface area contributed by atoms with E-state index in [9.17, 15) is 19.8 Å².